The van der Waals surface area contributed by atoms with Gasteiger partial charge < -0.3 is 40.8 Å². The molecule has 0 radical (unpaired) electrons. The van der Waals surface area contributed by atoms with Crippen LogP contribution in [0.25, 0.3) is 0 Å². The summed E-state index contributed by atoms with van der Waals surface area (Å²) in [5.74, 6) is -0.337. The summed E-state index contributed by atoms with van der Waals surface area (Å²) in [7, 11) is -5.07. The lowest BCUT2D eigenvalue weighted by Gasteiger charge is -2.41. The predicted octanol–water partition coefficient (Wildman–Crippen LogP) is 9.62. The maximum absolute atomic E-state index is 13.0. The Morgan fingerprint density at radius 1 is 0.550 bits per heavy atom. The normalized spacial score (nSPS) is 22.9. The van der Waals surface area contributed by atoms with Crippen molar-refractivity contribution in [1.29, 1.82) is 0 Å². The first-order valence-corrected chi connectivity index (χ1v) is 26.1. The molecule has 13 heteroatoms. The molecule has 1 aliphatic rings. The van der Waals surface area contributed by atoms with Crippen LogP contribution in [0.5, 0.6) is 0 Å². The van der Waals surface area contributed by atoms with Crippen molar-refractivity contribution in [2.24, 2.45) is 0 Å². The van der Waals surface area contributed by atoms with E-state index in [-0.39, 0.29) is 12.3 Å². The van der Waals surface area contributed by atoms with E-state index in [0.717, 1.165) is 44.9 Å². The summed E-state index contributed by atoms with van der Waals surface area (Å²) in [6.45, 7) is 3.85. The summed E-state index contributed by atoms with van der Waals surface area (Å²) in [4.78, 5) is 23.4. The highest BCUT2D eigenvalue weighted by Gasteiger charge is 2.51. The van der Waals surface area contributed by atoms with Crippen molar-refractivity contribution in [3.05, 3.63) is 12.2 Å². The molecule has 1 fully saturated rings. The molecule has 9 atom stereocenters. The average Bonchev–Trinajstić information content (AvgIpc) is 3.23. The van der Waals surface area contributed by atoms with Crippen molar-refractivity contribution < 1.29 is 53.9 Å². The number of nitrogens with one attached hydrogen (secondary N) is 1. The largest absolute Gasteiger partial charge is 0.472 e. The molecule has 12 nitrogen and oxygen atoms in total. The van der Waals surface area contributed by atoms with Gasteiger partial charge in [0.05, 0.1) is 18.8 Å². The maximum atomic E-state index is 13.0. The highest BCUT2D eigenvalue weighted by atomic mass is 31.2. The Bertz CT molecular complexity index is 1070. The monoisotopic (exact) mass is 878 g/mol. The number of phosphoric ester groups is 1. The second kappa shape index (κ2) is 37.5. The van der Waals surface area contributed by atoms with Gasteiger partial charge in [0.15, 0.2) is 0 Å². The van der Waals surface area contributed by atoms with Crippen molar-refractivity contribution in [3.8, 4) is 0 Å². The van der Waals surface area contributed by atoms with E-state index in [1.165, 1.54) is 160 Å². The molecule has 60 heavy (non-hydrogen) atoms. The smallest absolute Gasteiger partial charge is 0.387 e. The minimum Gasteiger partial charge on any atom is -0.387 e. The topological polar surface area (TPSA) is 206 Å². The zero-order valence-corrected chi connectivity index (χ0v) is 38.9. The summed E-state index contributed by atoms with van der Waals surface area (Å²) in [5, 5.41) is 64.0. The second-order valence-electron chi connectivity index (χ2n) is 17.7. The van der Waals surface area contributed by atoms with Gasteiger partial charge in [-0.25, -0.2) is 4.57 Å². The van der Waals surface area contributed by atoms with Gasteiger partial charge in [-0.3, -0.25) is 13.8 Å². The van der Waals surface area contributed by atoms with Crippen LogP contribution in [0.3, 0.4) is 0 Å². The number of unbranched alkanes of at least 4 members (excludes halogenated alkanes) is 30. The first-order chi connectivity index (χ1) is 28.9. The van der Waals surface area contributed by atoms with E-state index < -0.39 is 63.2 Å². The van der Waals surface area contributed by atoms with Gasteiger partial charge in [-0.15, -0.1) is 0 Å². The quantitative estimate of drug-likeness (QED) is 0.0165. The van der Waals surface area contributed by atoms with Gasteiger partial charge in [-0.05, 0) is 19.3 Å². The third-order valence-electron chi connectivity index (χ3n) is 12.1. The summed E-state index contributed by atoms with van der Waals surface area (Å²) in [6, 6.07) is -1.11. The zero-order valence-electron chi connectivity index (χ0n) is 38.0. The Kier molecular flexibility index (Phi) is 35.6. The van der Waals surface area contributed by atoms with E-state index in [9.17, 15) is 44.9 Å². The Morgan fingerprint density at radius 2 is 0.883 bits per heavy atom. The number of hydrogen-bond donors (Lipinski definition) is 8. The van der Waals surface area contributed by atoms with Crippen LogP contribution in [-0.2, 0) is 18.4 Å². The number of carbonyl (C=O) groups is 1. The lowest BCUT2D eigenvalue weighted by Crippen LogP contribution is -2.64. The molecular formula is C47H92NO11P. The van der Waals surface area contributed by atoms with E-state index in [2.05, 4.69) is 19.2 Å². The number of hydrogen-bond acceptors (Lipinski definition) is 10. The molecule has 1 saturated carbocycles. The Labute approximate surface area is 365 Å². The highest BCUT2D eigenvalue weighted by molar-refractivity contribution is 7.47. The molecule has 8 N–H and O–H groups in total. The maximum Gasteiger partial charge on any atom is 0.472 e. The number of allylic oxidation sites excluding steroid dienone is 1. The van der Waals surface area contributed by atoms with E-state index in [4.69, 9.17) is 9.05 Å². The van der Waals surface area contributed by atoms with Crippen LogP contribution in [0.4, 0.5) is 0 Å². The van der Waals surface area contributed by atoms with Crippen molar-refractivity contribution >= 4 is 13.7 Å². The molecule has 0 aromatic carbocycles. The van der Waals surface area contributed by atoms with E-state index in [1.54, 1.807) is 0 Å². The third kappa shape index (κ3) is 28.7. The van der Waals surface area contributed by atoms with Gasteiger partial charge in [-0.2, -0.15) is 0 Å². The first-order valence-electron chi connectivity index (χ1n) is 24.6. The van der Waals surface area contributed by atoms with Gasteiger partial charge in [0.25, 0.3) is 0 Å². The Morgan fingerprint density at radius 3 is 1.27 bits per heavy atom. The van der Waals surface area contributed by atoms with Crippen LogP contribution in [-0.4, -0.2) is 96.8 Å². The lowest BCUT2D eigenvalue weighted by molar-refractivity contribution is -0.220. The van der Waals surface area contributed by atoms with E-state index in [0.29, 0.717) is 6.42 Å². The zero-order chi connectivity index (χ0) is 44.3. The molecule has 0 aliphatic heterocycles. The van der Waals surface area contributed by atoms with Crippen molar-refractivity contribution in [1.82, 2.24) is 5.32 Å². The molecule has 0 aromatic rings. The van der Waals surface area contributed by atoms with Crippen LogP contribution < -0.4 is 5.32 Å². The summed E-state index contributed by atoms with van der Waals surface area (Å²) in [6.07, 6.45) is 30.0. The number of aliphatic hydroxyl groups is 6. The standard InChI is InChI=1S/C47H92NO11P/c1-3-5-7-9-11-13-15-17-18-19-20-21-22-23-25-27-29-31-33-35-37-41(50)48-39(40(49)36-34-32-30-28-26-24-16-14-12-10-8-6-4-2)38-58-60(56,57)59-47-45(54)43(52)42(51)44(53)46(47)55/h34,36,39-40,42-47,49,51-55H,3-33,35,37-38H2,1-2H3,(H,48,50)(H,56,57)/b36-34+/t39-,40+,42?,43+,44?,45?,46?,47?/m0/s1. The summed E-state index contributed by atoms with van der Waals surface area (Å²) >= 11 is 0. The Hall–Kier alpha value is -0.920. The molecule has 0 heterocycles. The fourth-order valence-corrected chi connectivity index (χ4v) is 8.99. The highest BCUT2D eigenvalue weighted by Crippen LogP contribution is 2.47. The fourth-order valence-electron chi connectivity index (χ4n) is 8.02. The number of aliphatic hydroxyl groups excluding tert-OH is 6. The average molecular weight is 878 g/mol. The molecule has 6 unspecified atom stereocenters. The van der Waals surface area contributed by atoms with Crippen LogP contribution in [0.15, 0.2) is 12.2 Å². The van der Waals surface area contributed by atoms with Crippen LogP contribution in [0.2, 0.25) is 0 Å². The van der Waals surface area contributed by atoms with Crippen LogP contribution >= 0.6 is 7.82 Å². The third-order valence-corrected chi connectivity index (χ3v) is 13.1. The number of carbonyl (C=O) groups excluding carboxylic acids is 1. The van der Waals surface area contributed by atoms with Gasteiger partial charge in [0.2, 0.25) is 5.91 Å². The molecule has 1 rings (SSSR count). The van der Waals surface area contributed by atoms with Gasteiger partial charge >= 0.3 is 7.82 Å². The predicted molar refractivity (Wildman–Crippen MR) is 241 cm³/mol. The van der Waals surface area contributed by atoms with Crippen molar-refractivity contribution in [3.63, 3.8) is 0 Å². The summed E-state index contributed by atoms with van der Waals surface area (Å²) in [5.41, 5.74) is 0. The molecule has 0 spiro atoms. The number of phosphoric acid groups is 1. The van der Waals surface area contributed by atoms with Crippen LogP contribution in [0.1, 0.15) is 226 Å². The van der Waals surface area contributed by atoms with Gasteiger partial charge in [0, 0.05) is 6.42 Å². The lowest BCUT2D eigenvalue weighted by atomic mass is 9.85. The molecule has 1 amide bonds. The SMILES string of the molecule is CCCCCCCCCCCCC/C=C/[C@@H](O)[C@H](COP(=O)(O)OC1C(O)C(O)C(O)[C@@H](O)C1O)NC(=O)CCCCCCCCCCCCCCCCCCCCCC. The Balaban J connectivity index is 2.42. The molecule has 0 bridgehead atoms. The molecule has 0 aromatic heterocycles. The van der Waals surface area contributed by atoms with Crippen LogP contribution in [0, 0.1) is 0 Å². The summed E-state index contributed by atoms with van der Waals surface area (Å²) < 4.78 is 22.9. The minimum absolute atomic E-state index is 0.219. The fraction of sp³-hybridized carbons (Fsp3) is 0.936. The number of rotatable bonds is 41. The first kappa shape index (κ1) is 57.1. The molecular weight excluding hydrogens is 785 g/mol. The van der Waals surface area contributed by atoms with E-state index in [1.807, 2.05) is 6.08 Å². The molecule has 0 saturated heterocycles. The van der Waals surface area contributed by atoms with Gasteiger partial charge in [-0.1, -0.05) is 212 Å². The number of amides is 1. The van der Waals surface area contributed by atoms with Gasteiger partial charge in [0.1, 0.15) is 36.6 Å². The van der Waals surface area contributed by atoms with Crippen molar-refractivity contribution in [2.45, 2.75) is 275 Å². The van der Waals surface area contributed by atoms with Crippen molar-refractivity contribution in [2.75, 3.05) is 6.61 Å². The molecule has 1 aliphatic carbocycles. The van der Waals surface area contributed by atoms with E-state index >= 15 is 0 Å². The second-order valence-corrected chi connectivity index (χ2v) is 19.1. The minimum atomic E-state index is -5.07. The molecule has 356 valence electrons.